The first-order valence-corrected chi connectivity index (χ1v) is 6.93. The van der Waals surface area contributed by atoms with Crippen LogP contribution in [-0.2, 0) is 4.74 Å². The molecule has 3 aliphatic rings. The Bertz CT molecular complexity index is 224. The van der Waals surface area contributed by atoms with Crippen molar-refractivity contribution in [3.63, 3.8) is 0 Å². The zero-order chi connectivity index (χ0) is 10.8. The predicted molar refractivity (Wildman–Crippen MR) is 64.5 cm³/mol. The summed E-state index contributed by atoms with van der Waals surface area (Å²) in [6, 6.07) is 0.749. The Morgan fingerprint density at radius 3 is 2.81 bits per heavy atom. The Kier molecular flexibility index (Phi) is 3.46. The van der Waals surface area contributed by atoms with E-state index in [1.54, 1.807) is 0 Å². The highest BCUT2D eigenvalue weighted by atomic mass is 16.5. The molecule has 92 valence electrons. The Hall–Kier alpha value is -0.120. The molecule has 1 aliphatic carbocycles. The van der Waals surface area contributed by atoms with Gasteiger partial charge in [-0.3, -0.25) is 0 Å². The van der Waals surface area contributed by atoms with E-state index < -0.39 is 0 Å². The largest absolute Gasteiger partial charge is 0.381 e. The van der Waals surface area contributed by atoms with Crippen LogP contribution in [0, 0.1) is 11.8 Å². The van der Waals surface area contributed by atoms with Gasteiger partial charge in [-0.2, -0.15) is 0 Å². The molecular formula is C13H24N2O. The average molecular weight is 224 g/mol. The van der Waals surface area contributed by atoms with E-state index in [4.69, 9.17) is 4.74 Å². The lowest BCUT2D eigenvalue weighted by atomic mass is 10.1. The molecule has 0 radical (unpaired) electrons. The quantitative estimate of drug-likeness (QED) is 0.757. The van der Waals surface area contributed by atoms with Crippen LogP contribution in [0.5, 0.6) is 0 Å². The molecule has 1 N–H and O–H groups in total. The normalized spacial score (nSPS) is 36.0. The van der Waals surface area contributed by atoms with Gasteiger partial charge in [-0.1, -0.05) is 0 Å². The van der Waals surface area contributed by atoms with Gasteiger partial charge in [0.2, 0.25) is 0 Å². The lowest BCUT2D eigenvalue weighted by molar-refractivity contribution is 0.184. The maximum absolute atomic E-state index is 5.40. The molecule has 1 saturated carbocycles. The van der Waals surface area contributed by atoms with E-state index >= 15 is 0 Å². The van der Waals surface area contributed by atoms with Gasteiger partial charge in [0.1, 0.15) is 0 Å². The number of hydrogen-bond acceptors (Lipinski definition) is 3. The van der Waals surface area contributed by atoms with Crippen molar-refractivity contribution >= 4 is 0 Å². The highest BCUT2D eigenvalue weighted by Crippen LogP contribution is 2.30. The molecule has 0 bridgehead atoms. The Labute approximate surface area is 98.5 Å². The maximum Gasteiger partial charge on any atom is 0.0507 e. The molecule has 2 saturated heterocycles. The second-order valence-electron chi connectivity index (χ2n) is 5.83. The number of rotatable bonds is 5. The van der Waals surface area contributed by atoms with Crippen LogP contribution in [0.25, 0.3) is 0 Å². The number of ether oxygens (including phenoxy) is 1. The van der Waals surface area contributed by atoms with E-state index in [1.165, 1.54) is 51.9 Å². The minimum Gasteiger partial charge on any atom is -0.381 e. The van der Waals surface area contributed by atoms with E-state index in [0.717, 1.165) is 31.1 Å². The summed E-state index contributed by atoms with van der Waals surface area (Å²) in [7, 11) is 0. The standard InChI is InChI=1S/C13H24N2O/c1-2-11(1)8-15-5-3-13(9-15)14-7-12-4-6-16-10-12/h11-14H,1-10H2. The Balaban J connectivity index is 1.33. The van der Waals surface area contributed by atoms with E-state index in [-0.39, 0.29) is 0 Å². The summed E-state index contributed by atoms with van der Waals surface area (Å²) in [5.74, 6) is 1.82. The molecule has 3 rings (SSSR count). The topological polar surface area (TPSA) is 24.5 Å². The van der Waals surface area contributed by atoms with Crippen molar-refractivity contribution in [2.75, 3.05) is 39.4 Å². The lowest BCUT2D eigenvalue weighted by Gasteiger charge is -2.17. The first kappa shape index (κ1) is 11.0. The number of nitrogens with one attached hydrogen (secondary N) is 1. The van der Waals surface area contributed by atoms with E-state index in [2.05, 4.69) is 10.2 Å². The van der Waals surface area contributed by atoms with Gasteiger partial charge >= 0.3 is 0 Å². The number of likely N-dealkylation sites (tertiary alicyclic amines) is 1. The van der Waals surface area contributed by atoms with Crippen molar-refractivity contribution in [1.82, 2.24) is 10.2 Å². The summed E-state index contributed by atoms with van der Waals surface area (Å²) in [5, 5.41) is 3.73. The fourth-order valence-electron chi connectivity index (χ4n) is 2.91. The smallest absolute Gasteiger partial charge is 0.0507 e. The molecule has 0 spiro atoms. The van der Waals surface area contributed by atoms with Crippen molar-refractivity contribution in [3.8, 4) is 0 Å². The fraction of sp³-hybridized carbons (Fsp3) is 1.00. The van der Waals surface area contributed by atoms with Crippen LogP contribution in [0.1, 0.15) is 25.7 Å². The monoisotopic (exact) mass is 224 g/mol. The van der Waals surface area contributed by atoms with E-state index in [1.807, 2.05) is 0 Å². The van der Waals surface area contributed by atoms with Gasteiger partial charge in [0.15, 0.2) is 0 Å². The van der Waals surface area contributed by atoms with Crippen LogP contribution >= 0.6 is 0 Å². The fourth-order valence-corrected chi connectivity index (χ4v) is 2.91. The van der Waals surface area contributed by atoms with Gasteiger partial charge < -0.3 is 15.0 Å². The molecule has 3 heteroatoms. The first-order valence-electron chi connectivity index (χ1n) is 6.93. The summed E-state index contributed by atoms with van der Waals surface area (Å²) < 4.78 is 5.40. The summed E-state index contributed by atoms with van der Waals surface area (Å²) in [6.45, 7) is 7.09. The second-order valence-corrected chi connectivity index (χ2v) is 5.83. The number of hydrogen-bond donors (Lipinski definition) is 1. The summed E-state index contributed by atoms with van der Waals surface area (Å²) >= 11 is 0. The summed E-state index contributed by atoms with van der Waals surface area (Å²) in [6.07, 6.45) is 5.56. The third-order valence-electron chi connectivity index (χ3n) is 4.20. The summed E-state index contributed by atoms with van der Waals surface area (Å²) in [4.78, 5) is 2.65. The number of nitrogens with zero attached hydrogens (tertiary/aromatic N) is 1. The van der Waals surface area contributed by atoms with Gasteiger partial charge in [-0.25, -0.2) is 0 Å². The molecule has 0 aromatic rings. The molecule has 0 aromatic carbocycles. The van der Waals surface area contributed by atoms with Gasteiger partial charge in [-0.05, 0) is 44.1 Å². The molecule has 3 nitrogen and oxygen atoms in total. The van der Waals surface area contributed by atoms with Crippen LogP contribution in [-0.4, -0.2) is 50.3 Å². The molecule has 2 aliphatic heterocycles. The highest BCUT2D eigenvalue weighted by molar-refractivity contribution is 4.86. The SMILES string of the molecule is C1CC(CNC2CCN(CC3CC3)C2)CO1. The van der Waals surface area contributed by atoms with Crippen LogP contribution in [0.4, 0.5) is 0 Å². The molecule has 2 unspecified atom stereocenters. The molecule has 2 atom stereocenters. The van der Waals surface area contributed by atoms with Gasteiger partial charge in [0, 0.05) is 32.3 Å². The zero-order valence-corrected chi connectivity index (χ0v) is 10.2. The van der Waals surface area contributed by atoms with Gasteiger partial charge in [0.25, 0.3) is 0 Å². The Morgan fingerprint density at radius 1 is 1.12 bits per heavy atom. The minimum absolute atomic E-state index is 0.749. The lowest BCUT2D eigenvalue weighted by Crippen LogP contribution is -2.36. The van der Waals surface area contributed by atoms with Crippen molar-refractivity contribution in [1.29, 1.82) is 0 Å². The van der Waals surface area contributed by atoms with Crippen LogP contribution in [0.3, 0.4) is 0 Å². The molecule has 0 amide bonds. The molecular weight excluding hydrogens is 200 g/mol. The molecule has 16 heavy (non-hydrogen) atoms. The van der Waals surface area contributed by atoms with Crippen molar-refractivity contribution < 1.29 is 4.74 Å². The second kappa shape index (κ2) is 5.03. The van der Waals surface area contributed by atoms with E-state index in [0.29, 0.717) is 0 Å². The molecule has 0 aromatic heterocycles. The summed E-state index contributed by atoms with van der Waals surface area (Å²) in [5.41, 5.74) is 0. The third kappa shape index (κ3) is 2.96. The van der Waals surface area contributed by atoms with Crippen molar-refractivity contribution in [3.05, 3.63) is 0 Å². The van der Waals surface area contributed by atoms with E-state index in [9.17, 15) is 0 Å². The zero-order valence-electron chi connectivity index (χ0n) is 10.2. The highest BCUT2D eigenvalue weighted by Gasteiger charge is 2.29. The van der Waals surface area contributed by atoms with Crippen LogP contribution in [0.15, 0.2) is 0 Å². The van der Waals surface area contributed by atoms with Crippen LogP contribution in [0.2, 0.25) is 0 Å². The average Bonchev–Trinajstić information content (AvgIpc) is 2.81. The maximum atomic E-state index is 5.40. The molecule has 2 heterocycles. The molecule has 3 fully saturated rings. The first-order chi connectivity index (χ1) is 7.90. The van der Waals surface area contributed by atoms with Crippen molar-refractivity contribution in [2.45, 2.75) is 31.7 Å². The van der Waals surface area contributed by atoms with Crippen molar-refractivity contribution in [2.24, 2.45) is 11.8 Å². The predicted octanol–water partition coefficient (Wildman–Crippen LogP) is 1.10. The minimum atomic E-state index is 0.749. The van der Waals surface area contributed by atoms with Crippen LogP contribution < -0.4 is 5.32 Å². The van der Waals surface area contributed by atoms with Gasteiger partial charge in [-0.15, -0.1) is 0 Å². The third-order valence-corrected chi connectivity index (χ3v) is 4.20. The van der Waals surface area contributed by atoms with Gasteiger partial charge in [0.05, 0.1) is 6.61 Å². The Morgan fingerprint density at radius 2 is 2.06 bits per heavy atom.